The summed E-state index contributed by atoms with van der Waals surface area (Å²) in [6.07, 6.45) is 0. The molecule has 1 unspecified atom stereocenters. The molecule has 0 aromatic heterocycles. The average Bonchev–Trinajstić information content (AvgIpc) is 2.33. The third kappa shape index (κ3) is 2.54. The van der Waals surface area contributed by atoms with E-state index in [4.69, 9.17) is 5.73 Å². The van der Waals surface area contributed by atoms with Gasteiger partial charge in [0.05, 0.1) is 6.04 Å². The highest BCUT2D eigenvalue weighted by Gasteiger charge is 2.17. The molecule has 94 valence electrons. The molecular formula is C14H12F2IN. The van der Waals surface area contributed by atoms with Crippen molar-refractivity contribution in [3.05, 3.63) is 68.3 Å². The maximum absolute atomic E-state index is 13.8. The molecule has 2 aromatic carbocycles. The quantitative estimate of drug-likeness (QED) is 0.808. The van der Waals surface area contributed by atoms with Gasteiger partial charge in [-0.1, -0.05) is 18.2 Å². The van der Waals surface area contributed by atoms with Crippen LogP contribution in [0.2, 0.25) is 0 Å². The van der Waals surface area contributed by atoms with Crippen molar-refractivity contribution in [2.75, 3.05) is 0 Å². The smallest absolute Gasteiger partial charge is 0.128 e. The Balaban J connectivity index is 2.50. The predicted molar refractivity (Wildman–Crippen MR) is 76.3 cm³/mol. The Bertz CT molecular complexity index is 584. The van der Waals surface area contributed by atoms with E-state index >= 15 is 0 Å². The molecule has 0 saturated heterocycles. The summed E-state index contributed by atoms with van der Waals surface area (Å²) in [5.74, 6) is -0.908. The van der Waals surface area contributed by atoms with Gasteiger partial charge < -0.3 is 5.73 Å². The maximum Gasteiger partial charge on any atom is 0.128 e. The Morgan fingerprint density at radius 3 is 2.39 bits per heavy atom. The molecule has 1 nitrogen and oxygen atoms in total. The molecule has 0 radical (unpaired) electrons. The second kappa shape index (κ2) is 5.32. The molecule has 0 bridgehead atoms. The largest absolute Gasteiger partial charge is 0.320 e. The molecule has 18 heavy (non-hydrogen) atoms. The summed E-state index contributed by atoms with van der Waals surface area (Å²) in [4.78, 5) is 0. The molecule has 2 aromatic rings. The fourth-order valence-electron chi connectivity index (χ4n) is 1.79. The van der Waals surface area contributed by atoms with Crippen molar-refractivity contribution in [1.29, 1.82) is 0 Å². The van der Waals surface area contributed by atoms with E-state index in [1.165, 1.54) is 19.1 Å². The van der Waals surface area contributed by atoms with Crippen LogP contribution >= 0.6 is 22.6 Å². The molecule has 0 saturated carbocycles. The fraction of sp³-hybridized carbons (Fsp3) is 0.143. The van der Waals surface area contributed by atoms with Crippen LogP contribution in [0.5, 0.6) is 0 Å². The Labute approximate surface area is 118 Å². The average molecular weight is 359 g/mol. The molecule has 0 aliphatic carbocycles. The van der Waals surface area contributed by atoms with E-state index in [0.29, 0.717) is 0 Å². The summed E-state index contributed by atoms with van der Waals surface area (Å²) in [6, 6.07) is 9.12. The third-order valence-electron chi connectivity index (χ3n) is 2.85. The number of rotatable bonds is 2. The third-order valence-corrected chi connectivity index (χ3v) is 3.84. The number of nitrogens with two attached hydrogens (primary N) is 1. The minimum absolute atomic E-state index is 0.183. The van der Waals surface area contributed by atoms with E-state index in [9.17, 15) is 8.78 Å². The number of halogens is 3. The second-order valence-corrected chi connectivity index (χ2v) is 5.28. The van der Waals surface area contributed by atoms with E-state index in [0.717, 1.165) is 9.13 Å². The molecule has 2 rings (SSSR count). The maximum atomic E-state index is 13.8. The molecular weight excluding hydrogens is 347 g/mol. The highest BCUT2D eigenvalue weighted by Crippen LogP contribution is 2.27. The Hall–Kier alpha value is -1.01. The van der Waals surface area contributed by atoms with Crippen LogP contribution < -0.4 is 5.73 Å². The summed E-state index contributed by atoms with van der Waals surface area (Å²) < 4.78 is 28.3. The van der Waals surface area contributed by atoms with Gasteiger partial charge in [-0.25, -0.2) is 8.78 Å². The first-order valence-electron chi connectivity index (χ1n) is 5.46. The normalized spacial score (nSPS) is 12.5. The number of aryl methyl sites for hydroxylation is 1. The minimum Gasteiger partial charge on any atom is -0.320 e. The summed E-state index contributed by atoms with van der Waals surface area (Å²) in [5, 5.41) is 0. The van der Waals surface area contributed by atoms with Gasteiger partial charge in [-0.15, -0.1) is 0 Å². The van der Waals surface area contributed by atoms with Crippen LogP contribution in [0.4, 0.5) is 8.78 Å². The number of hydrogen-bond donors (Lipinski definition) is 1. The highest BCUT2D eigenvalue weighted by atomic mass is 127. The molecule has 0 amide bonds. The van der Waals surface area contributed by atoms with Crippen LogP contribution in [0.25, 0.3) is 0 Å². The van der Waals surface area contributed by atoms with E-state index in [1.807, 2.05) is 24.3 Å². The van der Waals surface area contributed by atoms with Gasteiger partial charge in [0, 0.05) is 9.13 Å². The van der Waals surface area contributed by atoms with E-state index in [-0.39, 0.29) is 11.1 Å². The monoisotopic (exact) mass is 359 g/mol. The summed E-state index contributed by atoms with van der Waals surface area (Å²) in [6.45, 7) is 1.53. The van der Waals surface area contributed by atoms with Crippen molar-refractivity contribution in [3.8, 4) is 0 Å². The summed E-state index contributed by atoms with van der Waals surface area (Å²) in [5.41, 5.74) is 7.28. The zero-order chi connectivity index (χ0) is 13.3. The van der Waals surface area contributed by atoms with Gasteiger partial charge >= 0.3 is 0 Å². The first kappa shape index (κ1) is 13.4. The Morgan fingerprint density at radius 2 is 1.72 bits per heavy atom. The standard InChI is InChI=1S/C14H12F2IN/c1-8-6-12(16)10(7-11(8)15)14(18)9-4-2-3-5-13(9)17/h2-7,14H,18H2,1H3. The SMILES string of the molecule is Cc1cc(F)c(C(N)c2ccccc2I)cc1F. The van der Waals surface area contributed by atoms with Gasteiger partial charge in [-0.2, -0.15) is 0 Å². The van der Waals surface area contributed by atoms with Gasteiger partial charge in [0.1, 0.15) is 11.6 Å². The molecule has 0 aliphatic heterocycles. The zero-order valence-electron chi connectivity index (χ0n) is 9.75. The number of benzene rings is 2. The number of hydrogen-bond acceptors (Lipinski definition) is 1. The highest BCUT2D eigenvalue weighted by molar-refractivity contribution is 14.1. The molecule has 1 atom stereocenters. The van der Waals surface area contributed by atoms with Crippen LogP contribution in [0.1, 0.15) is 22.7 Å². The second-order valence-electron chi connectivity index (χ2n) is 4.12. The van der Waals surface area contributed by atoms with Crippen LogP contribution in [0.3, 0.4) is 0 Å². The zero-order valence-corrected chi connectivity index (χ0v) is 11.9. The van der Waals surface area contributed by atoms with Crippen LogP contribution in [0, 0.1) is 22.1 Å². The molecule has 4 heteroatoms. The van der Waals surface area contributed by atoms with Crippen molar-refractivity contribution in [2.24, 2.45) is 5.73 Å². The van der Waals surface area contributed by atoms with Gasteiger partial charge in [-0.05, 0) is 58.8 Å². The van der Waals surface area contributed by atoms with Crippen molar-refractivity contribution in [3.63, 3.8) is 0 Å². The lowest BCUT2D eigenvalue weighted by atomic mass is 9.98. The minimum atomic E-state index is -0.659. The van der Waals surface area contributed by atoms with Crippen molar-refractivity contribution < 1.29 is 8.78 Å². The molecule has 0 fully saturated rings. The molecule has 2 N–H and O–H groups in total. The van der Waals surface area contributed by atoms with Crippen LogP contribution in [-0.2, 0) is 0 Å². The van der Waals surface area contributed by atoms with Gasteiger partial charge in [0.25, 0.3) is 0 Å². The molecule has 0 heterocycles. The van der Waals surface area contributed by atoms with E-state index < -0.39 is 17.7 Å². The lowest BCUT2D eigenvalue weighted by Gasteiger charge is -2.16. The fourth-order valence-corrected chi connectivity index (χ4v) is 2.52. The van der Waals surface area contributed by atoms with Crippen molar-refractivity contribution in [2.45, 2.75) is 13.0 Å². The van der Waals surface area contributed by atoms with Gasteiger partial charge in [0.15, 0.2) is 0 Å². The van der Waals surface area contributed by atoms with Crippen molar-refractivity contribution >= 4 is 22.6 Å². The van der Waals surface area contributed by atoms with Gasteiger partial charge in [0.2, 0.25) is 0 Å². The summed E-state index contributed by atoms with van der Waals surface area (Å²) in [7, 11) is 0. The first-order chi connectivity index (χ1) is 8.50. The predicted octanol–water partition coefficient (Wildman–Crippen LogP) is 3.93. The van der Waals surface area contributed by atoms with Gasteiger partial charge in [-0.3, -0.25) is 0 Å². The topological polar surface area (TPSA) is 26.0 Å². The van der Waals surface area contributed by atoms with E-state index in [2.05, 4.69) is 22.6 Å². The molecule has 0 spiro atoms. The Kier molecular flexibility index (Phi) is 3.97. The lowest BCUT2D eigenvalue weighted by molar-refractivity contribution is 0.570. The van der Waals surface area contributed by atoms with Crippen LogP contribution in [-0.4, -0.2) is 0 Å². The van der Waals surface area contributed by atoms with E-state index in [1.54, 1.807) is 0 Å². The molecule has 0 aliphatic rings. The lowest BCUT2D eigenvalue weighted by Crippen LogP contribution is -2.15. The summed E-state index contributed by atoms with van der Waals surface area (Å²) >= 11 is 2.13. The first-order valence-corrected chi connectivity index (χ1v) is 6.54. The Morgan fingerprint density at radius 1 is 1.06 bits per heavy atom. The van der Waals surface area contributed by atoms with Crippen molar-refractivity contribution in [1.82, 2.24) is 0 Å². The van der Waals surface area contributed by atoms with Crippen LogP contribution in [0.15, 0.2) is 36.4 Å².